The van der Waals surface area contributed by atoms with Crippen LogP contribution in [0.4, 0.5) is 0 Å². The van der Waals surface area contributed by atoms with Gasteiger partial charge in [0.1, 0.15) is 0 Å². The minimum absolute atomic E-state index is 0.318. The lowest BCUT2D eigenvalue weighted by atomic mass is 10.1. The topological polar surface area (TPSA) is 29.5 Å². The Labute approximate surface area is 99.1 Å². The van der Waals surface area contributed by atoms with Gasteiger partial charge in [-0.1, -0.05) is 39.0 Å². The van der Waals surface area contributed by atoms with Gasteiger partial charge in [-0.25, -0.2) is 0 Å². The van der Waals surface area contributed by atoms with Gasteiger partial charge in [-0.05, 0) is 6.42 Å². The number of morpholine rings is 1. The molecule has 0 saturated carbocycles. The van der Waals surface area contributed by atoms with Gasteiger partial charge in [-0.3, -0.25) is 4.79 Å². The third-order valence-corrected chi connectivity index (χ3v) is 3.11. The maximum Gasteiger partial charge on any atom is 0.222 e. The molecule has 0 N–H and O–H groups in total. The molecule has 3 nitrogen and oxygen atoms in total. The first-order valence-corrected chi connectivity index (χ1v) is 6.70. The number of amides is 1. The number of unbranched alkanes of at least 4 members (excludes halogenated alkanes) is 5. The Balaban J connectivity index is 1.97. The third-order valence-electron chi connectivity index (χ3n) is 3.11. The van der Waals surface area contributed by atoms with Crippen LogP contribution in [0.3, 0.4) is 0 Å². The zero-order valence-electron chi connectivity index (χ0n) is 10.5. The van der Waals surface area contributed by atoms with Gasteiger partial charge in [0.25, 0.3) is 0 Å². The van der Waals surface area contributed by atoms with Crippen LogP contribution in [0.5, 0.6) is 0 Å². The average Bonchev–Trinajstić information content (AvgIpc) is 2.34. The van der Waals surface area contributed by atoms with Gasteiger partial charge in [0.2, 0.25) is 5.91 Å². The van der Waals surface area contributed by atoms with Gasteiger partial charge in [0.05, 0.1) is 13.2 Å². The molecule has 1 fully saturated rings. The van der Waals surface area contributed by atoms with E-state index in [0.29, 0.717) is 19.1 Å². The van der Waals surface area contributed by atoms with E-state index in [1.54, 1.807) is 0 Å². The Kier molecular flexibility index (Phi) is 7.23. The summed E-state index contributed by atoms with van der Waals surface area (Å²) in [7, 11) is 0. The minimum atomic E-state index is 0.318. The van der Waals surface area contributed by atoms with Crippen LogP contribution in [0.25, 0.3) is 0 Å². The van der Waals surface area contributed by atoms with E-state index < -0.39 is 0 Å². The molecule has 1 amide bonds. The zero-order valence-corrected chi connectivity index (χ0v) is 10.5. The van der Waals surface area contributed by atoms with Crippen molar-refractivity contribution in [2.24, 2.45) is 0 Å². The predicted molar refractivity (Wildman–Crippen MR) is 65.4 cm³/mol. The molecule has 0 bridgehead atoms. The van der Waals surface area contributed by atoms with Crippen LogP contribution in [0.1, 0.15) is 51.9 Å². The molecule has 3 heteroatoms. The first-order valence-electron chi connectivity index (χ1n) is 6.70. The third kappa shape index (κ3) is 5.50. The summed E-state index contributed by atoms with van der Waals surface area (Å²) in [5.74, 6) is 0.318. The van der Waals surface area contributed by atoms with E-state index in [1.807, 2.05) is 4.90 Å². The van der Waals surface area contributed by atoms with E-state index in [1.165, 1.54) is 32.1 Å². The highest BCUT2D eigenvalue weighted by atomic mass is 16.5. The Bertz CT molecular complexity index is 188. The maximum absolute atomic E-state index is 11.8. The summed E-state index contributed by atoms with van der Waals surface area (Å²) < 4.78 is 5.23. The van der Waals surface area contributed by atoms with Crippen molar-refractivity contribution in [1.82, 2.24) is 4.90 Å². The second kappa shape index (κ2) is 8.57. The minimum Gasteiger partial charge on any atom is -0.378 e. The fraction of sp³-hybridized carbons (Fsp3) is 0.923. The van der Waals surface area contributed by atoms with Crippen molar-refractivity contribution in [2.75, 3.05) is 26.3 Å². The lowest BCUT2D eigenvalue weighted by Gasteiger charge is -2.26. The number of carbonyl (C=O) groups excluding carboxylic acids is 1. The second-order valence-corrected chi connectivity index (χ2v) is 4.51. The molecular weight excluding hydrogens is 202 g/mol. The van der Waals surface area contributed by atoms with Crippen molar-refractivity contribution in [3.8, 4) is 0 Å². The molecule has 0 aromatic heterocycles. The summed E-state index contributed by atoms with van der Waals surface area (Å²) in [6.07, 6.45) is 8.21. The van der Waals surface area contributed by atoms with Crippen LogP contribution in [0.15, 0.2) is 0 Å². The van der Waals surface area contributed by atoms with Crippen molar-refractivity contribution < 1.29 is 9.53 Å². The van der Waals surface area contributed by atoms with Crippen LogP contribution < -0.4 is 0 Å². The van der Waals surface area contributed by atoms with E-state index in [4.69, 9.17) is 4.74 Å². The van der Waals surface area contributed by atoms with Crippen molar-refractivity contribution in [3.63, 3.8) is 0 Å². The Morgan fingerprint density at radius 1 is 1.06 bits per heavy atom. The Morgan fingerprint density at radius 3 is 2.38 bits per heavy atom. The summed E-state index contributed by atoms with van der Waals surface area (Å²) in [4.78, 5) is 13.7. The van der Waals surface area contributed by atoms with Gasteiger partial charge < -0.3 is 9.64 Å². The molecule has 0 radical (unpaired) electrons. The Morgan fingerprint density at radius 2 is 1.69 bits per heavy atom. The molecule has 16 heavy (non-hydrogen) atoms. The van der Waals surface area contributed by atoms with Gasteiger partial charge in [-0.15, -0.1) is 0 Å². The molecule has 0 aliphatic carbocycles. The normalized spacial score (nSPS) is 16.4. The number of rotatable bonds is 7. The molecule has 0 aromatic carbocycles. The highest BCUT2D eigenvalue weighted by molar-refractivity contribution is 5.76. The van der Waals surface area contributed by atoms with Crippen LogP contribution in [0.2, 0.25) is 0 Å². The van der Waals surface area contributed by atoms with Gasteiger partial charge in [-0.2, -0.15) is 0 Å². The average molecular weight is 227 g/mol. The fourth-order valence-electron chi connectivity index (χ4n) is 2.03. The molecule has 94 valence electrons. The van der Waals surface area contributed by atoms with Gasteiger partial charge >= 0.3 is 0 Å². The monoisotopic (exact) mass is 227 g/mol. The summed E-state index contributed by atoms with van der Waals surface area (Å²) in [6.45, 7) is 5.22. The van der Waals surface area contributed by atoms with Crippen LogP contribution in [-0.4, -0.2) is 37.1 Å². The summed E-state index contributed by atoms with van der Waals surface area (Å²) >= 11 is 0. The first-order chi connectivity index (χ1) is 7.84. The van der Waals surface area contributed by atoms with Crippen molar-refractivity contribution in [2.45, 2.75) is 51.9 Å². The van der Waals surface area contributed by atoms with Crippen LogP contribution in [0, 0.1) is 0 Å². The molecule has 0 spiro atoms. The quantitative estimate of drug-likeness (QED) is 0.626. The molecule has 1 saturated heterocycles. The number of carbonyl (C=O) groups is 1. The van der Waals surface area contributed by atoms with E-state index in [-0.39, 0.29) is 0 Å². The molecule has 1 heterocycles. The van der Waals surface area contributed by atoms with Crippen LogP contribution >= 0.6 is 0 Å². The summed E-state index contributed by atoms with van der Waals surface area (Å²) in [5.41, 5.74) is 0. The number of hydrogen-bond donors (Lipinski definition) is 0. The fourth-order valence-corrected chi connectivity index (χ4v) is 2.03. The lowest BCUT2D eigenvalue weighted by Crippen LogP contribution is -2.40. The van der Waals surface area contributed by atoms with E-state index >= 15 is 0 Å². The van der Waals surface area contributed by atoms with Crippen LogP contribution in [-0.2, 0) is 9.53 Å². The smallest absolute Gasteiger partial charge is 0.222 e. The van der Waals surface area contributed by atoms with Crippen molar-refractivity contribution in [1.29, 1.82) is 0 Å². The molecule has 1 aliphatic rings. The van der Waals surface area contributed by atoms with E-state index in [2.05, 4.69) is 6.92 Å². The first kappa shape index (κ1) is 13.5. The maximum atomic E-state index is 11.8. The molecule has 0 unspecified atom stereocenters. The van der Waals surface area contributed by atoms with E-state index in [0.717, 1.165) is 25.9 Å². The number of nitrogens with zero attached hydrogens (tertiary/aromatic N) is 1. The SMILES string of the molecule is CCCCCCCCC(=O)N1CCOCC1. The predicted octanol–water partition coefficient (Wildman–Crippen LogP) is 2.60. The standard InChI is InChI=1S/C13H25NO2/c1-2-3-4-5-6-7-8-13(15)14-9-11-16-12-10-14/h2-12H2,1H3. The highest BCUT2D eigenvalue weighted by Crippen LogP contribution is 2.09. The van der Waals surface area contributed by atoms with Crippen molar-refractivity contribution >= 4 is 5.91 Å². The summed E-state index contributed by atoms with van der Waals surface area (Å²) in [5, 5.41) is 0. The van der Waals surface area contributed by atoms with Gasteiger partial charge in [0.15, 0.2) is 0 Å². The lowest BCUT2D eigenvalue weighted by molar-refractivity contribution is -0.135. The molecule has 1 rings (SSSR count). The molecule has 0 atom stereocenters. The Hall–Kier alpha value is -0.570. The largest absolute Gasteiger partial charge is 0.378 e. The molecular formula is C13H25NO2. The van der Waals surface area contributed by atoms with Gasteiger partial charge in [0, 0.05) is 19.5 Å². The van der Waals surface area contributed by atoms with E-state index in [9.17, 15) is 4.79 Å². The molecule has 0 aromatic rings. The van der Waals surface area contributed by atoms with Crippen molar-refractivity contribution in [3.05, 3.63) is 0 Å². The second-order valence-electron chi connectivity index (χ2n) is 4.51. The molecule has 1 aliphatic heterocycles. The summed E-state index contributed by atoms with van der Waals surface area (Å²) in [6, 6.07) is 0. The number of ether oxygens (including phenoxy) is 1. The highest BCUT2D eigenvalue weighted by Gasteiger charge is 2.15. The number of hydrogen-bond acceptors (Lipinski definition) is 2. The zero-order chi connectivity index (χ0) is 11.6.